The summed E-state index contributed by atoms with van der Waals surface area (Å²) in [4.78, 5) is 4.25. The first-order valence-corrected chi connectivity index (χ1v) is 5.81. The second kappa shape index (κ2) is 4.28. The fourth-order valence-corrected chi connectivity index (χ4v) is 1.89. The minimum absolute atomic E-state index is 0.133. The lowest BCUT2D eigenvalue weighted by atomic mass is 10.2. The zero-order valence-electron chi connectivity index (χ0n) is 10.3. The molecule has 0 fully saturated rings. The molecule has 4 nitrogen and oxygen atoms in total. The normalized spacial score (nSPS) is 10.8. The Bertz CT molecular complexity index is 752. The van der Waals surface area contributed by atoms with E-state index < -0.39 is 5.82 Å². The summed E-state index contributed by atoms with van der Waals surface area (Å²) >= 11 is 0. The lowest BCUT2D eigenvalue weighted by molar-refractivity contribution is 0.561. The van der Waals surface area contributed by atoms with Crippen LogP contribution >= 0.6 is 0 Å². The Labute approximate surface area is 109 Å². The van der Waals surface area contributed by atoms with E-state index in [2.05, 4.69) is 10.3 Å². The largest absolute Gasteiger partial charge is 0.441 e. The summed E-state index contributed by atoms with van der Waals surface area (Å²) in [6, 6.07) is 10.1. The number of hydrogen-bond donors (Lipinski definition) is 2. The molecule has 0 aliphatic carbocycles. The topological polar surface area (TPSA) is 64.1 Å². The van der Waals surface area contributed by atoms with Crippen LogP contribution in [0.3, 0.4) is 0 Å². The molecule has 0 radical (unpaired) electrons. The minimum Gasteiger partial charge on any atom is -0.441 e. The van der Waals surface area contributed by atoms with Crippen molar-refractivity contribution in [1.29, 1.82) is 0 Å². The number of nitrogens with one attached hydrogen (secondary N) is 1. The highest BCUT2D eigenvalue weighted by Crippen LogP contribution is 2.24. The molecular formula is C14H12FN3O. The van der Waals surface area contributed by atoms with Crippen LogP contribution in [0.2, 0.25) is 0 Å². The van der Waals surface area contributed by atoms with Gasteiger partial charge in [-0.15, -0.1) is 0 Å². The van der Waals surface area contributed by atoms with Gasteiger partial charge in [-0.25, -0.2) is 9.37 Å². The van der Waals surface area contributed by atoms with Crippen molar-refractivity contribution >= 4 is 28.2 Å². The van der Waals surface area contributed by atoms with Crippen LogP contribution < -0.4 is 11.1 Å². The van der Waals surface area contributed by atoms with Crippen molar-refractivity contribution < 1.29 is 8.81 Å². The molecule has 0 spiro atoms. The summed E-state index contributed by atoms with van der Waals surface area (Å²) in [6.45, 7) is 1.79. The van der Waals surface area contributed by atoms with E-state index in [0.717, 1.165) is 16.8 Å². The van der Waals surface area contributed by atoms with E-state index in [-0.39, 0.29) is 5.69 Å². The van der Waals surface area contributed by atoms with E-state index in [1.807, 2.05) is 18.2 Å². The van der Waals surface area contributed by atoms with Gasteiger partial charge >= 0.3 is 0 Å². The molecule has 1 aromatic heterocycles. The quantitative estimate of drug-likeness (QED) is 0.688. The Morgan fingerprint density at radius 1 is 1.16 bits per heavy atom. The average Bonchev–Trinajstić information content (AvgIpc) is 2.73. The summed E-state index contributed by atoms with van der Waals surface area (Å²) in [5.41, 5.74) is 8.50. The zero-order valence-corrected chi connectivity index (χ0v) is 10.3. The lowest BCUT2D eigenvalue weighted by Crippen LogP contribution is -1.94. The first-order chi connectivity index (χ1) is 9.11. The molecule has 3 N–H and O–H groups in total. The van der Waals surface area contributed by atoms with Gasteiger partial charge in [0.2, 0.25) is 0 Å². The number of aromatic nitrogens is 1. The average molecular weight is 257 g/mol. The molecule has 5 heteroatoms. The highest BCUT2D eigenvalue weighted by Gasteiger charge is 2.04. The highest BCUT2D eigenvalue weighted by atomic mass is 19.1. The molecular weight excluding hydrogens is 245 g/mol. The number of rotatable bonds is 2. The monoisotopic (exact) mass is 257 g/mol. The van der Waals surface area contributed by atoms with E-state index in [9.17, 15) is 4.39 Å². The molecule has 1 heterocycles. The van der Waals surface area contributed by atoms with Gasteiger partial charge < -0.3 is 15.5 Å². The van der Waals surface area contributed by atoms with Gasteiger partial charge in [-0.1, -0.05) is 0 Å². The lowest BCUT2D eigenvalue weighted by Gasteiger charge is -2.07. The van der Waals surface area contributed by atoms with Gasteiger partial charge in [0.05, 0.1) is 5.69 Å². The highest BCUT2D eigenvalue weighted by molar-refractivity contribution is 5.79. The van der Waals surface area contributed by atoms with Crippen molar-refractivity contribution in [2.24, 2.45) is 0 Å². The number of benzene rings is 2. The van der Waals surface area contributed by atoms with Crippen molar-refractivity contribution in [2.45, 2.75) is 6.92 Å². The molecule has 0 saturated heterocycles. The molecule has 3 aromatic rings. The van der Waals surface area contributed by atoms with E-state index in [1.54, 1.807) is 13.0 Å². The second-order valence-corrected chi connectivity index (χ2v) is 4.28. The molecule has 0 aliphatic rings. The second-order valence-electron chi connectivity index (χ2n) is 4.28. The van der Waals surface area contributed by atoms with E-state index in [4.69, 9.17) is 10.2 Å². The number of oxazole rings is 1. The number of fused-ring (bicyclic) bond motifs is 1. The maximum atomic E-state index is 13.3. The molecule has 0 saturated carbocycles. The van der Waals surface area contributed by atoms with Crippen LogP contribution in [0.5, 0.6) is 0 Å². The van der Waals surface area contributed by atoms with Crippen molar-refractivity contribution in [1.82, 2.24) is 4.98 Å². The predicted octanol–water partition coefficient (Wildman–Crippen LogP) is 3.60. The molecule has 0 atom stereocenters. The Hall–Kier alpha value is -2.56. The van der Waals surface area contributed by atoms with Gasteiger partial charge in [0, 0.05) is 18.3 Å². The Balaban J connectivity index is 1.93. The maximum absolute atomic E-state index is 13.3. The number of anilines is 3. The molecule has 0 unspecified atom stereocenters. The first kappa shape index (κ1) is 11.5. The summed E-state index contributed by atoms with van der Waals surface area (Å²) in [7, 11) is 0. The van der Waals surface area contributed by atoms with E-state index in [0.29, 0.717) is 11.6 Å². The van der Waals surface area contributed by atoms with E-state index >= 15 is 0 Å². The van der Waals surface area contributed by atoms with Crippen molar-refractivity contribution in [3.8, 4) is 0 Å². The summed E-state index contributed by atoms with van der Waals surface area (Å²) < 4.78 is 18.7. The molecule has 0 aliphatic heterocycles. The van der Waals surface area contributed by atoms with Crippen LogP contribution in [0, 0.1) is 12.7 Å². The molecule has 19 heavy (non-hydrogen) atoms. The van der Waals surface area contributed by atoms with Crippen LogP contribution in [0.1, 0.15) is 5.89 Å². The fraction of sp³-hybridized carbons (Fsp3) is 0.0714. The first-order valence-electron chi connectivity index (χ1n) is 5.81. The van der Waals surface area contributed by atoms with Crippen LogP contribution in [-0.4, -0.2) is 4.98 Å². The fourth-order valence-electron chi connectivity index (χ4n) is 1.89. The molecule has 2 aromatic carbocycles. The maximum Gasteiger partial charge on any atom is 0.192 e. The number of nitrogens with zero attached hydrogens (tertiary/aromatic N) is 1. The van der Waals surface area contributed by atoms with Gasteiger partial charge in [0.15, 0.2) is 11.5 Å². The molecule has 0 bridgehead atoms. The van der Waals surface area contributed by atoms with Gasteiger partial charge in [0.1, 0.15) is 11.3 Å². The molecule has 3 rings (SSSR count). The third kappa shape index (κ3) is 2.22. The van der Waals surface area contributed by atoms with Crippen LogP contribution in [0.4, 0.5) is 21.5 Å². The standard InChI is InChI=1S/C14H12FN3O/c1-8-17-13-7-10(3-5-14(13)19-8)18-9-2-4-12(16)11(15)6-9/h2-7,18H,16H2,1H3. The SMILES string of the molecule is Cc1nc2cc(Nc3ccc(N)c(F)c3)ccc2o1. The van der Waals surface area contributed by atoms with Crippen LogP contribution in [-0.2, 0) is 0 Å². The number of nitrogens with two attached hydrogens (primary N) is 1. The van der Waals surface area contributed by atoms with Gasteiger partial charge in [-0.3, -0.25) is 0 Å². The molecule has 0 amide bonds. The van der Waals surface area contributed by atoms with Crippen molar-refractivity contribution in [3.05, 3.63) is 48.1 Å². The third-order valence-corrected chi connectivity index (χ3v) is 2.78. The Kier molecular flexibility index (Phi) is 2.59. The van der Waals surface area contributed by atoms with Crippen LogP contribution in [0.25, 0.3) is 11.1 Å². The number of nitrogen functional groups attached to an aromatic ring is 1. The third-order valence-electron chi connectivity index (χ3n) is 2.78. The Morgan fingerprint density at radius 3 is 2.68 bits per heavy atom. The number of aryl methyl sites for hydroxylation is 1. The Morgan fingerprint density at radius 2 is 1.89 bits per heavy atom. The summed E-state index contributed by atoms with van der Waals surface area (Å²) in [5, 5.41) is 3.10. The zero-order chi connectivity index (χ0) is 13.4. The minimum atomic E-state index is -0.441. The van der Waals surface area contributed by atoms with Gasteiger partial charge in [-0.2, -0.15) is 0 Å². The van der Waals surface area contributed by atoms with Gasteiger partial charge in [0.25, 0.3) is 0 Å². The summed E-state index contributed by atoms with van der Waals surface area (Å²) in [5.74, 6) is 0.175. The number of hydrogen-bond acceptors (Lipinski definition) is 4. The smallest absolute Gasteiger partial charge is 0.192 e. The van der Waals surface area contributed by atoms with Crippen molar-refractivity contribution in [2.75, 3.05) is 11.1 Å². The predicted molar refractivity (Wildman–Crippen MR) is 72.8 cm³/mol. The molecule has 96 valence electrons. The van der Waals surface area contributed by atoms with Crippen LogP contribution in [0.15, 0.2) is 40.8 Å². The number of halogens is 1. The van der Waals surface area contributed by atoms with Crippen molar-refractivity contribution in [3.63, 3.8) is 0 Å². The van der Waals surface area contributed by atoms with Gasteiger partial charge in [-0.05, 0) is 36.4 Å². The summed E-state index contributed by atoms with van der Waals surface area (Å²) in [6.07, 6.45) is 0. The van der Waals surface area contributed by atoms with E-state index in [1.165, 1.54) is 12.1 Å².